The summed E-state index contributed by atoms with van der Waals surface area (Å²) in [6.45, 7) is 4.94. The molecule has 0 aliphatic carbocycles. The number of furan rings is 1. The summed E-state index contributed by atoms with van der Waals surface area (Å²) in [4.78, 5) is 17.5. The van der Waals surface area contributed by atoms with Gasteiger partial charge in [0, 0.05) is 10.6 Å². The van der Waals surface area contributed by atoms with Crippen molar-refractivity contribution in [2.45, 2.75) is 26.0 Å². The molecule has 0 unspecified atom stereocenters. The van der Waals surface area contributed by atoms with Crippen LogP contribution in [-0.2, 0) is 14.6 Å². The zero-order valence-electron chi connectivity index (χ0n) is 16.7. The fraction of sp³-hybridized carbons (Fsp3) is 0.200. The Morgan fingerprint density at radius 2 is 2.00 bits per heavy atom. The summed E-state index contributed by atoms with van der Waals surface area (Å²) in [5, 5.41) is 8.07. The molecule has 0 saturated carbocycles. The van der Waals surface area contributed by atoms with Gasteiger partial charge in [-0.05, 0) is 50.6 Å². The molecular weight excluding hydrogens is 460 g/mol. The first-order chi connectivity index (χ1) is 14.6. The molecule has 0 radical (unpaired) electrons. The first-order valence-electron chi connectivity index (χ1n) is 9.18. The Morgan fingerprint density at radius 3 is 2.68 bits per heavy atom. The van der Waals surface area contributed by atoms with E-state index in [4.69, 9.17) is 21.4 Å². The lowest BCUT2D eigenvalue weighted by atomic mass is 10.1. The number of carbonyl (C=O) groups excluding carboxylic acids is 1. The number of rotatable bonds is 3. The Bertz CT molecular complexity index is 1320. The van der Waals surface area contributed by atoms with Crippen LogP contribution in [0.3, 0.4) is 0 Å². The van der Waals surface area contributed by atoms with Crippen LogP contribution in [0.4, 0.5) is 0 Å². The molecular formula is C20H17ClN4O4S2. The summed E-state index contributed by atoms with van der Waals surface area (Å²) >= 11 is 6.94. The molecule has 8 nitrogen and oxygen atoms in total. The highest BCUT2D eigenvalue weighted by Crippen LogP contribution is 2.32. The summed E-state index contributed by atoms with van der Waals surface area (Å²) < 4.78 is 35.0. The van der Waals surface area contributed by atoms with E-state index in [0.29, 0.717) is 16.5 Å². The smallest absolute Gasteiger partial charge is 0.283 e. The van der Waals surface area contributed by atoms with Gasteiger partial charge in [-0.25, -0.2) is 13.3 Å². The van der Waals surface area contributed by atoms with E-state index in [1.165, 1.54) is 19.9 Å². The van der Waals surface area contributed by atoms with Crippen LogP contribution in [0.5, 0.6) is 0 Å². The SMILES string of the molecule is Cc1ccc(-c2ccc(/C=C3/C(=N)N4C(=NC3=O)SN=C4S(=O)(=O)C(C)C)o2)cc1Cl. The molecule has 4 rings (SSSR count). The maximum atomic E-state index is 12.6. The van der Waals surface area contributed by atoms with E-state index in [1.54, 1.807) is 18.2 Å². The van der Waals surface area contributed by atoms with E-state index in [9.17, 15) is 13.2 Å². The van der Waals surface area contributed by atoms with Crippen LogP contribution in [0.25, 0.3) is 17.4 Å². The van der Waals surface area contributed by atoms with Crippen LogP contribution in [0.2, 0.25) is 5.02 Å². The number of carbonyl (C=O) groups is 1. The van der Waals surface area contributed by atoms with Crippen molar-refractivity contribution >= 4 is 61.5 Å². The Hall–Kier alpha value is -2.69. The molecule has 31 heavy (non-hydrogen) atoms. The van der Waals surface area contributed by atoms with E-state index in [0.717, 1.165) is 28.0 Å². The van der Waals surface area contributed by atoms with E-state index in [1.807, 2.05) is 19.1 Å². The summed E-state index contributed by atoms with van der Waals surface area (Å²) in [7, 11) is -3.77. The predicted molar refractivity (Wildman–Crippen MR) is 123 cm³/mol. The number of aryl methyl sites for hydroxylation is 1. The maximum Gasteiger partial charge on any atom is 0.283 e. The van der Waals surface area contributed by atoms with Crippen LogP contribution in [0.1, 0.15) is 25.2 Å². The normalized spacial score (nSPS) is 18.0. The van der Waals surface area contributed by atoms with Gasteiger partial charge >= 0.3 is 0 Å². The van der Waals surface area contributed by atoms with Crippen LogP contribution in [0, 0.1) is 12.3 Å². The summed E-state index contributed by atoms with van der Waals surface area (Å²) in [6.07, 6.45) is 1.37. The van der Waals surface area contributed by atoms with Crippen molar-refractivity contribution in [3.8, 4) is 11.3 Å². The minimum atomic E-state index is -3.77. The quantitative estimate of drug-likeness (QED) is 0.521. The molecule has 1 amide bonds. The van der Waals surface area contributed by atoms with Crippen LogP contribution in [-0.4, -0.2) is 40.6 Å². The number of sulfone groups is 1. The lowest BCUT2D eigenvalue weighted by Gasteiger charge is -2.25. The number of hydrogen-bond acceptors (Lipinski definition) is 7. The number of fused-ring (bicyclic) bond motifs is 1. The number of aliphatic imine (C=N–C) groups is 1. The minimum Gasteiger partial charge on any atom is -0.457 e. The molecule has 2 aliphatic rings. The number of amidine groups is 3. The van der Waals surface area contributed by atoms with Gasteiger partial charge in [-0.2, -0.15) is 9.39 Å². The predicted octanol–water partition coefficient (Wildman–Crippen LogP) is 4.31. The molecule has 160 valence electrons. The highest BCUT2D eigenvalue weighted by atomic mass is 35.5. The summed E-state index contributed by atoms with van der Waals surface area (Å²) in [5.74, 6) is -0.137. The van der Waals surface area contributed by atoms with Gasteiger partial charge in [0.15, 0.2) is 0 Å². The first-order valence-corrected chi connectivity index (χ1v) is 11.9. The lowest BCUT2D eigenvalue weighted by Crippen LogP contribution is -2.46. The molecule has 3 heterocycles. The third-order valence-electron chi connectivity index (χ3n) is 4.74. The fourth-order valence-electron chi connectivity index (χ4n) is 2.87. The highest BCUT2D eigenvalue weighted by molar-refractivity contribution is 8.16. The standard InChI is InChI=1S/C20H17ClN4O4S2/c1-10(2)31(27,28)20-24-30-19-23-18(26)14(17(22)25(19)20)9-13-6-7-16(29-13)12-5-4-11(3)15(21)8-12/h4-10,22H,1-3H3/b14-9-,22-17?. The molecule has 0 bridgehead atoms. The van der Waals surface area contributed by atoms with Gasteiger partial charge in [0.1, 0.15) is 17.4 Å². The Labute approximate surface area is 188 Å². The molecule has 2 aliphatic heterocycles. The van der Waals surface area contributed by atoms with E-state index >= 15 is 0 Å². The van der Waals surface area contributed by atoms with Crippen molar-refractivity contribution in [2.75, 3.05) is 0 Å². The lowest BCUT2D eigenvalue weighted by molar-refractivity contribution is -0.114. The number of nitrogens with one attached hydrogen (secondary N) is 1. The van der Waals surface area contributed by atoms with E-state index < -0.39 is 21.0 Å². The van der Waals surface area contributed by atoms with Crippen molar-refractivity contribution in [1.82, 2.24) is 4.90 Å². The van der Waals surface area contributed by atoms with E-state index in [2.05, 4.69) is 9.39 Å². The third-order valence-corrected chi connectivity index (χ3v) is 7.99. The summed E-state index contributed by atoms with van der Waals surface area (Å²) in [6, 6.07) is 8.88. The van der Waals surface area contributed by atoms with Gasteiger partial charge < -0.3 is 4.42 Å². The van der Waals surface area contributed by atoms with Crippen LogP contribution in [0.15, 0.2) is 49.7 Å². The van der Waals surface area contributed by atoms with Gasteiger partial charge in [0.2, 0.25) is 20.2 Å². The van der Waals surface area contributed by atoms with Gasteiger partial charge in [0.25, 0.3) is 5.91 Å². The van der Waals surface area contributed by atoms with E-state index in [-0.39, 0.29) is 21.7 Å². The van der Waals surface area contributed by atoms with Crippen molar-refractivity contribution in [2.24, 2.45) is 9.39 Å². The first kappa shape index (κ1) is 21.5. The Kier molecular flexibility index (Phi) is 5.40. The molecule has 2 aromatic rings. The summed E-state index contributed by atoms with van der Waals surface area (Å²) in [5.41, 5.74) is 1.60. The molecule has 1 N–H and O–H groups in total. The average Bonchev–Trinajstić information content (AvgIpc) is 3.34. The third kappa shape index (κ3) is 3.75. The average molecular weight is 477 g/mol. The van der Waals surface area contributed by atoms with Crippen molar-refractivity contribution < 1.29 is 17.6 Å². The Morgan fingerprint density at radius 1 is 1.26 bits per heavy atom. The zero-order chi connectivity index (χ0) is 22.5. The second-order valence-corrected chi connectivity index (χ2v) is 10.7. The molecule has 11 heteroatoms. The largest absolute Gasteiger partial charge is 0.457 e. The number of benzene rings is 1. The van der Waals surface area contributed by atoms with Gasteiger partial charge in [0.05, 0.1) is 22.8 Å². The van der Waals surface area contributed by atoms with Gasteiger partial charge in [-0.15, -0.1) is 0 Å². The minimum absolute atomic E-state index is 0.0424. The number of amides is 1. The monoisotopic (exact) mass is 476 g/mol. The fourth-order valence-corrected chi connectivity index (χ4v) is 5.11. The molecule has 0 saturated heterocycles. The number of nitrogens with zero attached hydrogens (tertiary/aromatic N) is 3. The highest BCUT2D eigenvalue weighted by Gasteiger charge is 2.43. The van der Waals surface area contributed by atoms with Gasteiger partial charge in [-0.3, -0.25) is 10.2 Å². The topological polar surface area (TPSA) is 116 Å². The van der Waals surface area contributed by atoms with Crippen molar-refractivity contribution in [3.63, 3.8) is 0 Å². The van der Waals surface area contributed by atoms with Crippen LogP contribution >= 0.6 is 23.5 Å². The maximum absolute atomic E-state index is 12.6. The van der Waals surface area contributed by atoms with Crippen molar-refractivity contribution in [3.05, 3.63) is 52.3 Å². The number of hydrogen-bond donors (Lipinski definition) is 1. The Balaban J connectivity index is 1.69. The molecule has 0 atom stereocenters. The second kappa shape index (κ2) is 7.77. The van der Waals surface area contributed by atoms with Crippen LogP contribution < -0.4 is 0 Å². The zero-order valence-corrected chi connectivity index (χ0v) is 19.1. The van der Waals surface area contributed by atoms with Gasteiger partial charge in [-0.1, -0.05) is 23.7 Å². The molecule has 1 aromatic heterocycles. The molecule has 1 aromatic carbocycles. The number of halogens is 1. The molecule has 0 fully saturated rings. The second-order valence-electron chi connectivity index (χ2n) is 7.17. The van der Waals surface area contributed by atoms with Crippen molar-refractivity contribution in [1.29, 1.82) is 5.41 Å². The molecule has 0 spiro atoms.